The van der Waals surface area contributed by atoms with Crippen molar-refractivity contribution in [2.45, 2.75) is 47.6 Å². The minimum atomic E-state index is 0.166. The zero-order valence-corrected chi connectivity index (χ0v) is 16.2. The summed E-state index contributed by atoms with van der Waals surface area (Å²) >= 11 is 0. The highest BCUT2D eigenvalue weighted by molar-refractivity contribution is 6.06. The van der Waals surface area contributed by atoms with Gasteiger partial charge in [0.2, 0.25) is 0 Å². The highest BCUT2D eigenvalue weighted by atomic mass is 16.3. The second-order valence-corrected chi connectivity index (χ2v) is 5.66. The molecule has 1 N–H and O–H groups in total. The van der Waals surface area contributed by atoms with Gasteiger partial charge < -0.3 is 9.73 Å². The van der Waals surface area contributed by atoms with Crippen LogP contribution < -0.4 is 5.32 Å². The monoisotopic (exact) mass is 335 g/mol. The Bertz CT molecular complexity index is 899. The van der Waals surface area contributed by atoms with E-state index < -0.39 is 0 Å². The molecule has 1 aliphatic rings. The number of nitrogens with one attached hydrogen (secondary N) is 1. The molecule has 0 bridgehead atoms. The summed E-state index contributed by atoms with van der Waals surface area (Å²) in [5.41, 5.74) is 5.69. The van der Waals surface area contributed by atoms with Crippen molar-refractivity contribution >= 4 is 21.9 Å². The van der Waals surface area contributed by atoms with E-state index in [2.05, 4.69) is 55.6 Å². The molecule has 1 unspecified atom stereocenters. The second-order valence-electron chi connectivity index (χ2n) is 5.66. The zero-order valence-electron chi connectivity index (χ0n) is 16.2. The average molecular weight is 335 g/mol. The average Bonchev–Trinajstić information content (AvgIpc) is 3.03. The predicted molar refractivity (Wildman–Crippen MR) is 110 cm³/mol. The normalized spacial score (nSPS) is 15.6. The number of allylic oxidation sites excluding steroid dienone is 2. The van der Waals surface area contributed by atoms with Gasteiger partial charge in [-0.1, -0.05) is 69.7 Å². The molecule has 2 heterocycles. The molecule has 1 aliphatic heterocycles. The highest BCUT2D eigenvalue weighted by Gasteiger charge is 2.19. The van der Waals surface area contributed by atoms with Gasteiger partial charge in [0.15, 0.2) is 0 Å². The van der Waals surface area contributed by atoms with Crippen LogP contribution in [0.4, 0.5) is 0 Å². The Labute approximate surface area is 151 Å². The Morgan fingerprint density at radius 3 is 2.32 bits per heavy atom. The molecule has 25 heavy (non-hydrogen) atoms. The van der Waals surface area contributed by atoms with Crippen LogP contribution in [-0.2, 0) is 0 Å². The van der Waals surface area contributed by atoms with Gasteiger partial charge in [-0.15, -0.1) is 0 Å². The first-order valence-electron chi connectivity index (χ1n) is 9.26. The number of dihydropyridines is 1. The Balaban J connectivity index is 0.000000528. The van der Waals surface area contributed by atoms with Crippen LogP contribution in [0.25, 0.3) is 21.9 Å². The van der Waals surface area contributed by atoms with Gasteiger partial charge in [-0.25, -0.2) is 0 Å². The van der Waals surface area contributed by atoms with Gasteiger partial charge >= 0.3 is 0 Å². The van der Waals surface area contributed by atoms with E-state index in [0.29, 0.717) is 0 Å². The van der Waals surface area contributed by atoms with Crippen LogP contribution in [0.2, 0.25) is 0 Å². The van der Waals surface area contributed by atoms with Crippen molar-refractivity contribution in [1.29, 1.82) is 0 Å². The molecule has 1 aromatic heterocycles. The molecule has 2 nitrogen and oxygen atoms in total. The van der Waals surface area contributed by atoms with E-state index in [0.717, 1.165) is 11.2 Å². The maximum absolute atomic E-state index is 6.16. The molecular formula is C23H29NO. The maximum Gasteiger partial charge on any atom is 0.141 e. The first-order valence-corrected chi connectivity index (χ1v) is 9.26. The summed E-state index contributed by atoms with van der Waals surface area (Å²) in [7, 11) is 0. The lowest BCUT2D eigenvalue weighted by atomic mass is 9.95. The van der Waals surface area contributed by atoms with Gasteiger partial charge in [-0.3, -0.25) is 0 Å². The molecule has 4 rings (SSSR count). The second kappa shape index (κ2) is 8.57. The third-order valence-corrected chi connectivity index (χ3v) is 4.17. The van der Waals surface area contributed by atoms with Gasteiger partial charge in [-0.05, 0) is 37.8 Å². The summed E-state index contributed by atoms with van der Waals surface area (Å²) in [6, 6.07) is 12.7. The number of rotatable bonds is 1. The number of furan rings is 1. The van der Waals surface area contributed by atoms with E-state index in [1.54, 1.807) is 0 Å². The number of benzene rings is 2. The van der Waals surface area contributed by atoms with E-state index in [1.807, 2.05) is 46.0 Å². The van der Waals surface area contributed by atoms with E-state index in [-0.39, 0.29) is 6.04 Å². The van der Waals surface area contributed by atoms with Crippen molar-refractivity contribution in [2.24, 2.45) is 0 Å². The van der Waals surface area contributed by atoms with Crippen LogP contribution in [0.5, 0.6) is 0 Å². The van der Waals surface area contributed by atoms with Crippen molar-refractivity contribution in [1.82, 2.24) is 5.32 Å². The predicted octanol–water partition coefficient (Wildman–Crippen LogP) is 7.05. The molecule has 1 atom stereocenters. The summed E-state index contributed by atoms with van der Waals surface area (Å²) in [5.74, 6) is 0. The number of aryl methyl sites for hydroxylation is 1. The summed E-state index contributed by atoms with van der Waals surface area (Å²) in [4.78, 5) is 0. The Morgan fingerprint density at radius 2 is 1.60 bits per heavy atom. The first kappa shape index (κ1) is 18.9. The van der Waals surface area contributed by atoms with Gasteiger partial charge in [0, 0.05) is 16.3 Å². The van der Waals surface area contributed by atoms with Crippen molar-refractivity contribution in [3.8, 4) is 0 Å². The van der Waals surface area contributed by atoms with E-state index in [4.69, 9.17) is 4.42 Å². The van der Waals surface area contributed by atoms with Crippen molar-refractivity contribution in [3.63, 3.8) is 0 Å². The SMILES string of the molecule is CC.CC.CC1=CC(c2c(C)ccc3c2oc2ccccc23)NC=C1. The van der Waals surface area contributed by atoms with E-state index >= 15 is 0 Å². The van der Waals surface area contributed by atoms with Crippen molar-refractivity contribution in [2.75, 3.05) is 0 Å². The lowest BCUT2D eigenvalue weighted by Crippen LogP contribution is -2.17. The molecule has 0 fully saturated rings. The summed E-state index contributed by atoms with van der Waals surface area (Å²) in [6.45, 7) is 12.3. The lowest BCUT2D eigenvalue weighted by molar-refractivity contribution is 0.646. The molecule has 0 saturated heterocycles. The number of para-hydroxylation sites is 1. The molecule has 0 aliphatic carbocycles. The Kier molecular flexibility index (Phi) is 6.46. The molecule has 0 saturated carbocycles. The number of hydrogen-bond acceptors (Lipinski definition) is 2. The van der Waals surface area contributed by atoms with Crippen LogP contribution in [-0.4, -0.2) is 0 Å². The summed E-state index contributed by atoms with van der Waals surface area (Å²) in [5, 5.41) is 5.80. The fraction of sp³-hybridized carbons (Fsp3) is 0.304. The van der Waals surface area contributed by atoms with Gasteiger partial charge in [0.25, 0.3) is 0 Å². The van der Waals surface area contributed by atoms with E-state index in [1.165, 1.54) is 27.5 Å². The van der Waals surface area contributed by atoms with Crippen LogP contribution in [0, 0.1) is 6.92 Å². The minimum Gasteiger partial charge on any atom is -0.456 e. The van der Waals surface area contributed by atoms with Gasteiger partial charge in [0.05, 0.1) is 6.04 Å². The summed E-state index contributed by atoms with van der Waals surface area (Å²) < 4.78 is 6.16. The quantitative estimate of drug-likeness (QED) is 0.515. The molecule has 0 amide bonds. The van der Waals surface area contributed by atoms with Crippen LogP contribution in [0.1, 0.15) is 51.8 Å². The Hall–Kier alpha value is -2.48. The highest BCUT2D eigenvalue weighted by Crippen LogP contribution is 2.36. The fourth-order valence-electron chi connectivity index (χ4n) is 3.11. The van der Waals surface area contributed by atoms with Gasteiger partial charge in [0.1, 0.15) is 11.2 Å². The van der Waals surface area contributed by atoms with Crippen LogP contribution in [0.3, 0.4) is 0 Å². The molecular weight excluding hydrogens is 306 g/mol. The standard InChI is InChI=1S/C19H17NO.2C2H6/c1-12-9-10-20-16(11-12)18-13(2)7-8-15-14-5-3-4-6-17(14)21-19(15)18;2*1-2/h3-11,16,20H,1-2H3;2*1-2H3. The largest absolute Gasteiger partial charge is 0.456 e. The van der Waals surface area contributed by atoms with Crippen LogP contribution >= 0.6 is 0 Å². The molecule has 0 radical (unpaired) electrons. The Morgan fingerprint density at radius 1 is 0.880 bits per heavy atom. The zero-order chi connectivity index (χ0) is 18.4. The van der Waals surface area contributed by atoms with Crippen molar-refractivity contribution < 1.29 is 4.42 Å². The third kappa shape index (κ3) is 3.63. The molecule has 3 aromatic rings. The van der Waals surface area contributed by atoms with Gasteiger partial charge in [-0.2, -0.15) is 0 Å². The lowest BCUT2D eigenvalue weighted by Gasteiger charge is -2.20. The third-order valence-electron chi connectivity index (χ3n) is 4.17. The minimum absolute atomic E-state index is 0.166. The number of hydrogen-bond donors (Lipinski definition) is 1. The smallest absolute Gasteiger partial charge is 0.141 e. The van der Waals surface area contributed by atoms with E-state index in [9.17, 15) is 0 Å². The first-order chi connectivity index (χ1) is 12.2. The van der Waals surface area contributed by atoms with Crippen LogP contribution in [0.15, 0.2) is 64.7 Å². The topological polar surface area (TPSA) is 25.2 Å². The fourth-order valence-corrected chi connectivity index (χ4v) is 3.11. The summed E-state index contributed by atoms with van der Waals surface area (Å²) in [6.07, 6.45) is 6.35. The molecule has 0 spiro atoms. The molecule has 132 valence electrons. The molecule has 2 heteroatoms. The molecule has 2 aromatic carbocycles. The number of fused-ring (bicyclic) bond motifs is 3. The van der Waals surface area contributed by atoms with Crippen molar-refractivity contribution in [3.05, 3.63) is 71.5 Å². The maximum atomic E-state index is 6.16.